The van der Waals surface area contributed by atoms with Crippen molar-refractivity contribution in [3.63, 3.8) is 0 Å². The van der Waals surface area contributed by atoms with Crippen LogP contribution in [-0.2, 0) is 4.79 Å². The van der Waals surface area contributed by atoms with E-state index in [1.54, 1.807) is 18.2 Å². The second-order valence-electron chi connectivity index (χ2n) is 3.87. The van der Waals surface area contributed by atoms with Crippen LogP contribution in [0.25, 0.3) is 0 Å². The van der Waals surface area contributed by atoms with E-state index < -0.39 is 0 Å². The molecule has 0 aliphatic carbocycles. The highest BCUT2D eigenvalue weighted by molar-refractivity contribution is 6.32. The molecule has 0 bridgehead atoms. The molecule has 1 aromatic carbocycles. The molecule has 0 saturated heterocycles. The maximum atomic E-state index is 11.5. The van der Waals surface area contributed by atoms with E-state index in [-0.39, 0.29) is 30.8 Å². The maximum Gasteiger partial charge on any atom is 0.225 e. The van der Waals surface area contributed by atoms with Gasteiger partial charge in [-0.3, -0.25) is 4.79 Å². The van der Waals surface area contributed by atoms with Gasteiger partial charge in [0, 0.05) is 13.0 Å². The van der Waals surface area contributed by atoms with E-state index in [4.69, 9.17) is 22.1 Å². The van der Waals surface area contributed by atoms with Crippen molar-refractivity contribution in [1.82, 2.24) is 0 Å². The van der Waals surface area contributed by atoms with Crippen molar-refractivity contribution in [1.29, 1.82) is 0 Å². The van der Waals surface area contributed by atoms with Crippen molar-refractivity contribution in [2.75, 3.05) is 11.9 Å². The molecule has 1 rings (SSSR count). The Bertz CT molecular complexity index is 398. The number of nitrogens with two attached hydrogens (primary N) is 1. The fourth-order valence-corrected chi connectivity index (χ4v) is 1.53. The highest BCUT2D eigenvalue weighted by Crippen LogP contribution is 2.33. The lowest BCUT2D eigenvalue weighted by atomic mass is 10.2. The molecule has 0 unspecified atom stereocenters. The number of carbonyl (C=O) groups excluding carboxylic acids is 1. The van der Waals surface area contributed by atoms with Gasteiger partial charge in [0.15, 0.2) is 5.75 Å². The summed E-state index contributed by atoms with van der Waals surface area (Å²) in [7, 11) is 0. The fraction of sp³-hybridized carbons (Fsp3) is 0.417. The lowest BCUT2D eigenvalue weighted by Gasteiger charge is -2.16. The Morgan fingerprint density at radius 1 is 1.50 bits per heavy atom. The van der Waals surface area contributed by atoms with Gasteiger partial charge in [0.25, 0.3) is 0 Å². The number of amides is 1. The zero-order chi connectivity index (χ0) is 12.8. The van der Waals surface area contributed by atoms with Crippen molar-refractivity contribution < 1.29 is 9.53 Å². The number of rotatable bonds is 5. The van der Waals surface area contributed by atoms with Crippen molar-refractivity contribution in [3.05, 3.63) is 23.2 Å². The van der Waals surface area contributed by atoms with Crippen LogP contribution in [0.4, 0.5) is 5.69 Å². The zero-order valence-electron chi connectivity index (χ0n) is 10.4. The van der Waals surface area contributed by atoms with Crippen LogP contribution in [-0.4, -0.2) is 18.6 Å². The average molecular weight is 293 g/mol. The number of halogens is 2. The van der Waals surface area contributed by atoms with E-state index in [9.17, 15) is 4.79 Å². The summed E-state index contributed by atoms with van der Waals surface area (Å²) in [4.78, 5) is 11.5. The Balaban J connectivity index is 0.00000289. The van der Waals surface area contributed by atoms with E-state index in [2.05, 4.69) is 5.32 Å². The van der Waals surface area contributed by atoms with Gasteiger partial charge in [-0.25, -0.2) is 0 Å². The second kappa shape index (κ2) is 8.19. The van der Waals surface area contributed by atoms with Gasteiger partial charge in [-0.1, -0.05) is 17.7 Å². The van der Waals surface area contributed by atoms with Gasteiger partial charge in [0.2, 0.25) is 5.91 Å². The number of para-hydroxylation sites is 1. The van der Waals surface area contributed by atoms with Gasteiger partial charge < -0.3 is 15.8 Å². The minimum absolute atomic E-state index is 0. The zero-order valence-corrected chi connectivity index (χ0v) is 12.0. The molecule has 1 amide bonds. The van der Waals surface area contributed by atoms with E-state index in [1.165, 1.54) is 0 Å². The molecule has 102 valence electrons. The SMILES string of the molecule is CC(C)Oc1c(Cl)cccc1NC(=O)CCN.Cl. The van der Waals surface area contributed by atoms with Gasteiger partial charge in [-0.15, -0.1) is 12.4 Å². The molecule has 0 aromatic heterocycles. The van der Waals surface area contributed by atoms with Crippen molar-refractivity contribution >= 4 is 35.6 Å². The molecule has 1 aromatic rings. The van der Waals surface area contributed by atoms with Crippen molar-refractivity contribution in [2.24, 2.45) is 5.73 Å². The highest BCUT2D eigenvalue weighted by Gasteiger charge is 2.12. The predicted molar refractivity (Wildman–Crippen MR) is 76.8 cm³/mol. The molecule has 0 heterocycles. The summed E-state index contributed by atoms with van der Waals surface area (Å²) in [5.74, 6) is 0.345. The number of carbonyl (C=O) groups is 1. The van der Waals surface area contributed by atoms with E-state index in [1.807, 2.05) is 13.8 Å². The first-order valence-corrected chi connectivity index (χ1v) is 5.87. The minimum Gasteiger partial charge on any atom is -0.487 e. The first-order chi connectivity index (χ1) is 8.04. The number of ether oxygens (including phenoxy) is 1. The third-order valence-electron chi connectivity index (χ3n) is 1.97. The Hall–Kier alpha value is -0.970. The van der Waals surface area contributed by atoms with E-state index in [0.29, 0.717) is 23.0 Å². The lowest BCUT2D eigenvalue weighted by molar-refractivity contribution is -0.116. The van der Waals surface area contributed by atoms with Gasteiger partial charge in [-0.05, 0) is 26.0 Å². The summed E-state index contributed by atoms with van der Waals surface area (Å²) >= 11 is 6.03. The van der Waals surface area contributed by atoms with Gasteiger partial charge in [-0.2, -0.15) is 0 Å². The van der Waals surface area contributed by atoms with Gasteiger partial charge in [0.1, 0.15) is 0 Å². The third kappa shape index (κ3) is 5.12. The van der Waals surface area contributed by atoms with Crippen LogP contribution in [0.1, 0.15) is 20.3 Å². The predicted octanol–water partition coefficient (Wildman–Crippen LogP) is 2.84. The number of hydrogen-bond acceptors (Lipinski definition) is 3. The Kier molecular flexibility index (Phi) is 7.75. The summed E-state index contributed by atoms with van der Waals surface area (Å²) in [6, 6.07) is 5.23. The third-order valence-corrected chi connectivity index (χ3v) is 2.26. The molecule has 0 aliphatic rings. The number of benzene rings is 1. The Labute approximate surface area is 118 Å². The van der Waals surface area contributed by atoms with Crippen LogP contribution in [0.2, 0.25) is 5.02 Å². The summed E-state index contributed by atoms with van der Waals surface area (Å²) in [6.45, 7) is 4.11. The molecular weight excluding hydrogens is 275 g/mol. The van der Waals surface area contributed by atoms with Crippen LogP contribution < -0.4 is 15.8 Å². The first kappa shape index (κ1) is 17.0. The fourth-order valence-electron chi connectivity index (χ4n) is 1.31. The first-order valence-electron chi connectivity index (χ1n) is 5.49. The summed E-state index contributed by atoms with van der Waals surface area (Å²) < 4.78 is 5.58. The summed E-state index contributed by atoms with van der Waals surface area (Å²) in [6.07, 6.45) is 0.258. The normalized spacial score (nSPS) is 9.83. The molecule has 0 saturated carbocycles. The van der Waals surface area contributed by atoms with Crippen molar-refractivity contribution in [2.45, 2.75) is 26.4 Å². The minimum atomic E-state index is -0.150. The highest BCUT2D eigenvalue weighted by atomic mass is 35.5. The van der Waals surface area contributed by atoms with Crippen LogP contribution in [0.15, 0.2) is 18.2 Å². The molecule has 18 heavy (non-hydrogen) atoms. The Morgan fingerprint density at radius 3 is 2.72 bits per heavy atom. The van der Waals surface area contributed by atoms with Crippen LogP contribution in [0.3, 0.4) is 0 Å². The number of anilines is 1. The second-order valence-corrected chi connectivity index (χ2v) is 4.28. The lowest BCUT2D eigenvalue weighted by Crippen LogP contribution is -2.17. The van der Waals surface area contributed by atoms with Crippen molar-refractivity contribution in [3.8, 4) is 5.75 Å². The molecular formula is C12H18Cl2N2O2. The topological polar surface area (TPSA) is 64.3 Å². The molecule has 6 heteroatoms. The molecule has 0 aliphatic heterocycles. The number of nitrogens with one attached hydrogen (secondary N) is 1. The molecule has 0 fully saturated rings. The maximum absolute atomic E-state index is 11.5. The van der Waals surface area contributed by atoms with Gasteiger partial charge in [0.05, 0.1) is 16.8 Å². The molecule has 4 nitrogen and oxygen atoms in total. The Morgan fingerprint density at radius 2 is 2.17 bits per heavy atom. The number of hydrogen-bond donors (Lipinski definition) is 2. The average Bonchev–Trinajstić information content (AvgIpc) is 2.23. The summed E-state index contributed by atoms with van der Waals surface area (Å²) in [5, 5.41) is 3.21. The van der Waals surface area contributed by atoms with Crippen LogP contribution in [0.5, 0.6) is 5.75 Å². The standard InChI is InChI=1S/C12H17ClN2O2.ClH/c1-8(2)17-12-9(13)4-3-5-10(12)15-11(16)6-7-14;/h3-5,8H,6-7,14H2,1-2H3,(H,15,16);1H. The largest absolute Gasteiger partial charge is 0.487 e. The molecule has 3 N–H and O–H groups in total. The quantitative estimate of drug-likeness (QED) is 0.877. The molecule has 0 spiro atoms. The molecule has 0 radical (unpaired) electrons. The summed E-state index contributed by atoms with van der Waals surface area (Å²) in [5.41, 5.74) is 5.89. The van der Waals surface area contributed by atoms with E-state index >= 15 is 0 Å². The van der Waals surface area contributed by atoms with E-state index in [0.717, 1.165) is 0 Å². The smallest absolute Gasteiger partial charge is 0.225 e. The van der Waals surface area contributed by atoms with Crippen LogP contribution >= 0.6 is 24.0 Å². The van der Waals surface area contributed by atoms with Crippen LogP contribution in [0, 0.1) is 0 Å². The monoisotopic (exact) mass is 292 g/mol. The van der Waals surface area contributed by atoms with Gasteiger partial charge >= 0.3 is 0 Å². The molecule has 0 atom stereocenters.